The molecule has 0 fully saturated rings. The summed E-state index contributed by atoms with van der Waals surface area (Å²) in [5, 5.41) is 2.95. The predicted molar refractivity (Wildman–Crippen MR) is 120 cm³/mol. The molecule has 3 aromatic rings. The Morgan fingerprint density at radius 3 is 2.31 bits per heavy atom. The molecule has 2 N–H and O–H groups in total. The lowest BCUT2D eigenvalue weighted by molar-refractivity contribution is -0.116. The molecule has 3 amide bonds. The SMILES string of the molecule is CCc1cc(=O)[nH]c(-c2cccc(NC(=O)CN3C(=O)c4cc(Cl)c(Cl)cc4C3=O)c2)n1. The van der Waals surface area contributed by atoms with Crippen molar-refractivity contribution in [2.45, 2.75) is 13.3 Å². The molecule has 4 rings (SSSR count). The third-order valence-electron chi connectivity index (χ3n) is 4.89. The molecule has 2 aromatic carbocycles. The molecule has 1 aliphatic rings. The topological polar surface area (TPSA) is 112 Å². The number of anilines is 1. The van der Waals surface area contributed by atoms with Gasteiger partial charge in [0.2, 0.25) is 5.91 Å². The van der Waals surface area contributed by atoms with Gasteiger partial charge in [-0.2, -0.15) is 0 Å². The van der Waals surface area contributed by atoms with Gasteiger partial charge in [-0.15, -0.1) is 0 Å². The zero-order valence-corrected chi connectivity index (χ0v) is 18.3. The zero-order chi connectivity index (χ0) is 23.0. The van der Waals surface area contributed by atoms with E-state index < -0.39 is 24.3 Å². The number of nitrogens with one attached hydrogen (secondary N) is 2. The quantitative estimate of drug-likeness (QED) is 0.553. The molecule has 0 saturated heterocycles. The molecule has 0 aliphatic carbocycles. The molecule has 8 nitrogen and oxygen atoms in total. The van der Waals surface area contributed by atoms with Crippen LogP contribution in [-0.2, 0) is 11.2 Å². The minimum absolute atomic E-state index is 0.102. The number of benzene rings is 2. The molecule has 1 aromatic heterocycles. The largest absolute Gasteiger partial charge is 0.325 e. The molecule has 0 spiro atoms. The summed E-state index contributed by atoms with van der Waals surface area (Å²) in [7, 11) is 0. The van der Waals surface area contributed by atoms with Crippen LogP contribution in [0.4, 0.5) is 5.69 Å². The zero-order valence-electron chi connectivity index (χ0n) is 16.7. The number of carbonyl (C=O) groups excluding carboxylic acids is 3. The van der Waals surface area contributed by atoms with Crippen LogP contribution in [0.3, 0.4) is 0 Å². The monoisotopic (exact) mass is 470 g/mol. The Morgan fingerprint density at radius 1 is 1.03 bits per heavy atom. The van der Waals surface area contributed by atoms with Gasteiger partial charge in [0, 0.05) is 23.0 Å². The first-order valence-electron chi connectivity index (χ1n) is 9.62. The van der Waals surface area contributed by atoms with Gasteiger partial charge in [-0.1, -0.05) is 42.3 Å². The lowest BCUT2D eigenvalue weighted by atomic mass is 10.1. The van der Waals surface area contributed by atoms with Gasteiger partial charge in [0.25, 0.3) is 17.4 Å². The number of hydrogen-bond donors (Lipinski definition) is 2. The summed E-state index contributed by atoms with van der Waals surface area (Å²) in [5.41, 5.74) is 1.59. The normalized spacial score (nSPS) is 12.8. The van der Waals surface area contributed by atoms with E-state index in [2.05, 4.69) is 15.3 Å². The van der Waals surface area contributed by atoms with E-state index in [1.165, 1.54) is 18.2 Å². The number of hydrogen-bond acceptors (Lipinski definition) is 5. The van der Waals surface area contributed by atoms with Crippen LogP contribution in [0.15, 0.2) is 47.3 Å². The molecule has 32 heavy (non-hydrogen) atoms. The van der Waals surface area contributed by atoms with Crippen molar-refractivity contribution in [2.24, 2.45) is 0 Å². The second kappa shape index (κ2) is 8.57. The third-order valence-corrected chi connectivity index (χ3v) is 5.61. The highest BCUT2D eigenvalue weighted by Gasteiger charge is 2.37. The first-order valence-corrected chi connectivity index (χ1v) is 10.4. The molecular formula is C22H16Cl2N4O4. The number of halogens is 2. The van der Waals surface area contributed by atoms with Crippen molar-refractivity contribution in [1.29, 1.82) is 0 Å². The number of aromatic amines is 1. The van der Waals surface area contributed by atoms with Gasteiger partial charge in [0.15, 0.2) is 0 Å². The molecule has 0 atom stereocenters. The van der Waals surface area contributed by atoms with Crippen LogP contribution in [0, 0.1) is 0 Å². The maximum absolute atomic E-state index is 12.6. The van der Waals surface area contributed by atoms with Gasteiger partial charge in [-0.25, -0.2) is 4.98 Å². The Kier molecular flexibility index (Phi) is 5.82. The highest BCUT2D eigenvalue weighted by Crippen LogP contribution is 2.31. The molecule has 0 unspecified atom stereocenters. The first-order chi connectivity index (χ1) is 15.3. The van der Waals surface area contributed by atoms with Gasteiger partial charge in [-0.3, -0.25) is 24.1 Å². The van der Waals surface area contributed by atoms with Crippen molar-refractivity contribution in [3.8, 4) is 11.4 Å². The maximum Gasteiger partial charge on any atom is 0.262 e. The number of carbonyl (C=O) groups is 3. The Morgan fingerprint density at radius 2 is 1.69 bits per heavy atom. The number of amides is 3. The van der Waals surface area contributed by atoms with E-state index in [-0.39, 0.29) is 26.7 Å². The van der Waals surface area contributed by atoms with Crippen molar-refractivity contribution in [3.05, 3.63) is 79.7 Å². The summed E-state index contributed by atoms with van der Waals surface area (Å²) in [6.07, 6.45) is 0.601. The summed E-state index contributed by atoms with van der Waals surface area (Å²) in [6.45, 7) is 1.41. The van der Waals surface area contributed by atoms with E-state index in [0.717, 1.165) is 4.90 Å². The van der Waals surface area contributed by atoms with Crippen LogP contribution in [-0.4, -0.2) is 39.1 Å². The average Bonchev–Trinajstić information content (AvgIpc) is 2.98. The average molecular weight is 471 g/mol. The molecule has 2 heterocycles. The number of H-pyrrole nitrogens is 1. The van der Waals surface area contributed by atoms with Gasteiger partial charge >= 0.3 is 0 Å². The molecule has 10 heteroatoms. The smallest absolute Gasteiger partial charge is 0.262 e. The predicted octanol–water partition coefficient (Wildman–Crippen LogP) is 3.54. The van der Waals surface area contributed by atoms with Crippen LogP contribution in [0.2, 0.25) is 10.0 Å². The van der Waals surface area contributed by atoms with Crippen molar-refractivity contribution >= 4 is 46.6 Å². The second-order valence-corrected chi connectivity index (χ2v) is 7.89. The van der Waals surface area contributed by atoms with Crippen molar-refractivity contribution < 1.29 is 14.4 Å². The summed E-state index contributed by atoms with van der Waals surface area (Å²) in [6, 6.07) is 10.8. The minimum Gasteiger partial charge on any atom is -0.325 e. The standard InChI is InChI=1S/C22H16Cl2N4O4/c1-2-12-7-18(29)27-20(26-12)11-4-3-5-13(6-11)25-19(30)10-28-21(31)14-8-16(23)17(24)9-15(14)22(28)32/h3-9H,2,10H2,1H3,(H,25,30)(H,26,27,29). The fourth-order valence-electron chi connectivity index (χ4n) is 3.34. The van der Waals surface area contributed by atoms with Gasteiger partial charge < -0.3 is 10.3 Å². The van der Waals surface area contributed by atoms with Crippen LogP contribution >= 0.6 is 23.2 Å². The van der Waals surface area contributed by atoms with E-state index in [0.29, 0.717) is 29.2 Å². The third kappa shape index (κ3) is 4.15. The van der Waals surface area contributed by atoms with Gasteiger partial charge in [-0.05, 0) is 30.7 Å². The Hall–Kier alpha value is -3.49. The van der Waals surface area contributed by atoms with Crippen LogP contribution in [0.5, 0.6) is 0 Å². The number of rotatable bonds is 5. The fourth-order valence-corrected chi connectivity index (χ4v) is 3.67. The van der Waals surface area contributed by atoms with E-state index in [4.69, 9.17) is 23.2 Å². The molecular weight excluding hydrogens is 455 g/mol. The van der Waals surface area contributed by atoms with Gasteiger partial charge in [0.1, 0.15) is 12.4 Å². The van der Waals surface area contributed by atoms with E-state index >= 15 is 0 Å². The van der Waals surface area contributed by atoms with Crippen molar-refractivity contribution in [2.75, 3.05) is 11.9 Å². The number of aryl methyl sites for hydroxylation is 1. The van der Waals surface area contributed by atoms with Crippen molar-refractivity contribution in [3.63, 3.8) is 0 Å². The lowest BCUT2D eigenvalue weighted by Crippen LogP contribution is -2.37. The maximum atomic E-state index is 12.6. The fraction of sp³-hybridized carbons (Fsp3) is 0.136. The molecule has 162 valence electrons. The summed E-state index contributed by atoms with van der Waals surface area (Å²) >= 11 is 11.9. The minimum atomic E-state index is -0.620. The highest BCUT2D eigenvalue weighted by atomic mass is 35.5. The molecule has 0 radical (unpaired) electrons. The number of nitrogens with zero attached hydrogens (tertiary/aromatic N) is 2. The Labute approximate surface area is 192 Å². The summed E-state index contributed by atoms with van der Waals surface area (Å²) < 4.78 is 0. The van der Waals surface area contributed by atoms with Crippen molar-refractivity contribution in [1.82, 2.24) is 14.9 Å². The highest BCUT2D eigenvalue weighted by molar-refractivity contribution is 6.43. The second-order valence-electron chi connectivity index (χ2n) is 7.08. The van der Waals surface area contributed by atoms with E-state index in [9.17, 15) is 19.2 Å². The van der Waals surface area contributed by atoms with Crippen LogP contribution < -0.4 is 10.9 Å². The lowest BCUT2D eigenvalue weighted by Gasteiger charge is -2.14. The molecule has 1 aliphatic heterocycles. The van der Waals surface area contributed by atoms with E-state index in [1.807, 2.05) is 6.92 Å². The molecule has 0 bridgehead atoms. The van der Waals surface area contributed by atoms with Crippen LogP contribution in [0.25, 0.3) is 11.4 Å². The summed E-state index contributed by atoms with van der Waals surface area (Å²) in [4.78, 5) is 57.5. The van der Waals surface area contributed by atoms with E-state index in [1.54, 1.807) is 24.3 Å². The summed E-state index contributed by atoms with van der Waals surface area (Å²) in [5.74, 6) is -1.44. The first kappa shape index (κ1) is 21.7. The number of imide groups is 1. The van der Waals surface area contributed by atoms with Gasteiger partial charge in [0.05, 0.1) is 21.2 Å². The number of fused-ring (bicyclic) bond motifs is 1. The molecule has 0 saturated carbocycles. The van der Waals surface area contributed by atoms with Crippen LogP contribution in [0.1, 0.15) is 33.3 Å². The number of aromatic nitrogens is 2. The Balaban J connectivity index is 1.51. The Bertz CT molecular complexity index is 1290.